The predicted molar refractivity (Wildman–Crippen MR) is 71.0 cm³/mol. The number of nitrogens with one attached hydrogen (secondary N) is 1. The van der Waals surface area contributed by atoms with Crippen LogP contribution < -0.4 is 11.3 Å². The topological polar surface area (TPSA) is 51.2 Å². The largest absolute Gasteiger partial charge is 0.466 e. The summed E-state index contributed by atoms with van der Waals surface area (Å²) in [7, 11) is 0. The van der Waals surface area contributed by atoms with Crippen molar-refractivity contribution in [3.05, 3.63) is 45.0 Å². The van der Waals surface area contributed by atoms with E-state index in [1.165, 1.54) is 16.0 Å². The molecule has 0 saturated carbocycles. The molecular formula is C13H18N2OS. The van der Waals surface area contributed by atoms with Crippen LogP contribution in [0.1, 0.15) is 33.6 Å². The third-order valence-electron chi connectivity index (χ3n) is 3.15. The minimum atomic E-state index is 0.117. The summed E-state index contributed by atoms with van der Waals surface area (Å²) in [4.78, 5) is 1.32. The van der Waals surface area contributed by atoms with Crippen LogP contribution in [0, 0.1) is 20.8 Å². The van der Waals surface area contributed by atoms with Gasteiger partial charge in [-0.3, -0.25) is 11.3 Å². The lowest BCUT2D eigenvalue weighted by molar-refractivity contribution is 0.485. The zero-order chi connectivity index (χ0) is 12.4. The molecule has 0 radical (unpaired) electrons. The van der Waals surface area contributed by atoms with Crippen LogP contribution in [0.4, 0.5) is 0 Å². The number of furan rings is 1. The molecule has 4 heteroatoms. The van der Waals surface area contributed by atoms with Gasteiger partial charge in [0.05, 0.1) is 6.04 Å². The molecule has 0 fully saturated rings. The van der Waals surface area contributed by atoms with E-state index < -0.39 is 0 Å². The minimum Gasteiger partial charge on any atom is -0.466 e. The molecule has 0 amide bonds. The number of hydrazine groups is 1. The molecule has 17 heavy (non-hydrogen) atoms. The van der Waals surface area contributed by atoms with E-state index in [1.54, 1.807) is 11.3 Å². The minimum absolute atomic E-state index is 0.117. The lowest BCUT2D eigenvalue weighted by Gasteiger charge is -2.15. The van der Waals surface area contributed by atoms with Crippen LogP contribution in [-0.4, -0.2) is 0 Å². The summed E-state index contributed by atoms with van der Waals surface area (Å²) in [5.41, 5.74) is 5.29. The third-order valence-corrected chi connectivity index (χ3v) is 4.05. The van der Waals surface area contributed by atoms with Crippen molar-refractivity contribution in [1.29, 1.82) is 0 Å². The van der Waals surface area contributed by atoms with E-state index in [4.69, 9.17) is 10.3 Å². The molecule has 0 aliphatic carbocycles. The first-order valence-corrected chi connectivity index (χ1v) is 6.56. The molecule has 0 saturated heterocycles. The van der Waals surface area contributed by atoms with Gasteiger partial charge in [-0.1, -0.05) is 6.07 Å². The van der Waals surface area contributed by atoms with Crippen LogP contribution in [0.25, 0.3) is 0 Å². The van der Waals surface area contributed by atoms with E-state index >= 15 is 0 Å². The second-order valence-electron chi connectivity index (χ2n) is 4.26. The maximum absolute atomic E-state index is 5.68. The monoisotopic (exact) mass is 250 g/mol. The van der Waals surface area contributed by atoms with Gasteiger partial charge in [-0.05, 0) is 37.8 Å². The molecule has 0 bridgehead atoms. The second-order valence-corrected chi connectivity index (χ2v) is 5.29. The summed E-state index contributed by atoms with van der Waals surface area (Å²) in [5, 5.41) is 2.09. The first-order valence-electron chi connectivity index (χ1n) is 5.68. The predicted octanol–water partition coefficient (Wildman–Crippen LogP) is 3.01. The first kappa shape index (κ1) is 12.4. The molecule has 1 unspecified atom stereocenters. The number of rotatable bonds is 4. The quantitative estimate of drug-likeness (QED) is 0.648. The lowest BCUT2D eigenvalue weighted by atomic mass is 9.99. The van der Waals surface area contributed by atoms with Gasteiger partial charge in [0.2, 0.25) is 0 Å². The van der Waals surface area contributed by atoms with Crippen LogP contribution in [0.5, 0.6) is 0 Å². The van der Waals surface area contributed by atoms with Gasteiger partial charge < -0.3 is 4.42 Å². The molecular weight excluding hydrogens is 232 g/mol. The standard InChI is InChI=1S/C13H18N2OS/c1-8-9(2)16-10(3)13(8)12(15-14)7-11-5-4-6-17-11/h4-6,12,15H,7,14H2,1-3H3. The summed E-state index contributed by atoms with van der Waals surface area (Å²) in [5.74, 6) is 7.62. The fraction of sp³-hybridized carbons (Fsp3) is 0.385. The molecule has 0 aromatic carbocycles. The molecule has 2 aromatic rings. The van der Waals surface area contributed by atoms with Gasteiger partial charge in [-0.2, -0.15) is 0 Å². The first-order chi connectivity index (χ1) is 8.13. The SMILES string of the molecule is Cc1oc(C)c(C(Cc2cccs2)NN)c1C. The van der Waals surface area contributed by atoms with Crippen molar-refractivity contribution < 1.29 is 4.42 Å². The van der Waals surface area contributed by atoms with Crippen LogP contribution in [0.3, 0.4) is 0 Å². The highest BCUT2D eigenvalue weighted by Gasteiger charge is 2.20. The third kappa shape index (κ3) is 2.44. The average molecular weight is 250 g/mol. The van der Waals surface area contributed by atoms with Crippen LogP contribution >= 0.6 is 11.3 Å². The zero-order valence-corrected chi connectivity index (χ0v) is 11.2. The Balaban J connectivity index is 2.29. The highest BCUT2D eigenvalue weighted by atomic mass is 32.1. The maximum atomic E-state index is 5.68. The van der Waals surface area contributed by atoms with Gasteiger partial charge in [0, 0.05) is 16.9 Å². The molecule has 2 heterocycles. The van der Waals surface area contributed by atoms with E-state index in [0.29, 0.717) is 0 Å². The Kier molecular flexibility index (Phi) is 3.66. The number of thiophene rings is 1. The number of nitrogens with two attached hydrogens (primary N) is 1. The summed E-state index contributed by atoms with van der Waals surface area (Å²) < 4.78 is 5.66. The average Bonchev–Trinajstić information content (AvgIpc) is 2.87. The van der Waals surface area contributed by atoms with Crippen molar-refractivity contribution in [3.63, 3.8) is 0 Å². The molecule has 3 nitrogen and oxygen atoms in total. The Hall–Kier alpha value is -1.10. The number of hydrogen-bond acceptors (Lipinski definition) is 4. The van der Waals surface area contributed by atoms with E-state index in [0.717, 1.165) is 17.9 Å². The molecule has 2 aromatic heterocycles. The molecule has 0 spiro atoms. The fourth-order valence-corrected chi connectivity index (χ4v) is 2.95. The van der Waals surface area contributed by atoms with Crippen LogP contribution in [-0.2, 0) is 6.42 Å². The highest BCUT2D eigenvalue weighted by Crippen LogP contribution is 2.29. The van der Waals surface area contributed by atoms with E-state index in [1.807, 2.05) is 13.8 Å². The molecule has 1 atom stereocenters. The van der Waals surface area contributed by atoms with Crippen molar-refractivity contribution in [2.75, 3.05) is 0 Å². The van der Waals surface area contributed by atoms with Crippen LogP contribution in [0.2, 0.25) is 0 Å². The van der Waals surface area contributed by atoms with Crippen molar-refractivity contribution in [1.82, 2.24) is 5.43 Å². The summed E-state index contributed by atoms with van der Waals surface area (Å²) in [6, 6.07) is 4.31. The molecule has 3 N–H and O–H groups in total. The Morgan fingerprint density at radius 1 is 1.35 bits per heavy atom. The normalized spacial score (nSPS) is 12.9. The van der Waals surface area contributed by atoms with Gasteiger partial charge in [0.1, 0.15) is 11.5 Å². The summed E-state index contributed by atoms with van der Waals surface area (Å²) in [6.07, 6.45) is 0.898. The smallest absolute Gasteiger partial charge is 0.106 e. The zero-order valence-electron chi connectivity index (χ0n) is 10.4. The number of hydrogen-bond donors (Lipinski definition) is 2. The summed E-state index contributed by atoms with van der Waals surface area (Å²) in [6.45, 7) is 6.07. The van der Waals surface area contributed by atoms with Crippen molar-refractivity contribution in [3.8, 4) is 0 Å². The molecule has 2 rings (SSSR count). The lowest BCUT2D eigenvalue weighted by Crippen LogP contribution is -2.30. The maximum Gasteiger partial charge on any atom is 0.106 e. The van der Waals surface area contributed by atoms with Gasteiger partial charge in [0.25, 0.3) is 0 Å². The molecule has 0 aliphatic heterocycles. The van der Waals surface area contributed by atoms with E-state index in [2.05, 4.69) is 29.9 Å². The van der Waals surface area contributed by atoms with Crippen molar-refractivity contribution in [2.24, 2.45) is 5.84 Å². The summed E-state index contributed by atoms with van der Waals surface area (Å²) >= 11 is 1.75. The van der Waals surface area contributed by atoms with Gasteiger partial charge in [0.15, 0.2) is 0 Å². The Bertz CT molecular complexity index is 488. The van der Waals surface area contributed by atoms with Gasteiger partial charge >= 0.3 is 0 Å². The van der Waals surface area contributed by atoms with E-state index in [9.17, 15) is 0 Å². The Labute approximate surface area is 106 Å². The van der Waals surface area contributed by atoms with Crippen LogP contribution in [0.15, 0.2) is 21.9 Å². The van der Waals surface area contributed by atoms with E-state index in [-0.39, 0.29) is 6.04 Å². The van der Waals surface area contributed by atoms with Crippen molar-refractivity contribution >= 4 is 11.3 Å². The molecule has 0 aliphatic rings. The Morgan fingerprint density at radius 2 is 2.12 bits per heavy atom. The van der Waals surface area contributed by atoms with Gasteiger partial charge in [-0.25, -0.2) is 0 Å². The van der Waals surface area contributed by atoms with Crippen molar-refractivity contribution in [2.45, 2.75) is 33.2 Å². The highest BCUT2D eigenvalue weighted by molar-refractivity contribution is 7.09. The number of aryl methyl sites for hydroxylation is 2. The Morgan fingerprint density at radius 3 is 2.59 bits per heavy atom. The second kappa shape index (κ2) is 5.04. The molecule has 92 valence electrons. The fourth-order valence-electron chi connectivity index (χ4n) is 2.20. The van der Waals surface area contributed by atoms with Gasteiger partial charge in [-0.15, -0.1) is 11.3 Å².